The van der Waals surface area contributed by atoms with E-state index in [2.05, 4.69) is 10.6 Å². The largest absolute Gasteiger partial charge is 0.493 e. The molecule has 0 spiro atoms. The summed E-state index contributed by atoms with van der Waals surface area (Å²) in [5.41, 5.74) is 2.05. The fourth-order valence-electron chi connectivity index (χ4n) is 2.36. The first-order chi connectivity index (χ1) is 9.31. The highest BCUT2D eigenvalue weighted by Gasteiger charge is 2.20. The first kappa shape index (κ1) is 15.1. The maximum Gasteiger partial charge on any atom is 0.238 e. The second kappa shape index (κ2) is 6.95. The van der Waals surface area contributed by atoms with Gasteiger partial charge in [0.2, 0.25) is 5.91 Å². The number of halogens is 1. The third-order valence-corrected chi connectivity index (χ3v) is 3.61. The van der Waals surface area contributed by atoms with E-state index >= 15 is 0 Å². The lowest BCUT2D eigenvalue weighted by molar-refractivity contribution is -0.115. The van der Waals surface area contributed by atoms with Crippen molar-refractivity contribution in [2.75, 3.05) is 25.0 Å². The number of hydrogen-bond acceptors (Lipinski definition) is 3. The number of carbonyl (C=O) groups excluding carboxylic acids is 1. The maximum absolute atomic E-state index is 11.8. The Hall–Kier alpha value is -1.26. The Labute approximate surface area is 125 Å². The van der Waals surface area contributed by atoms with Crippen molar-refractivity contribution in [1.82, 2.24) is 5.32 Å². The van der Waals surface area contributed by atoms with Crippen LogP contribution in [0.2, 0.25) is 0 Å². The van der Waals surface area contributed by atoms with Crippen LogP contribution < -0.4 is 15.4 Å². The van der Waals surface area contributed by atoms with E-state index in [-0.39, 0.29) is 18.3 Å². The van der Waals surface area contributed by atoms with Crippen LogP contribution in [0.25, 0.3) is 0 Å². The quantitative estimate of drug-likeness (QED) is 0.877. The molecule has 0 saturated heterocycles. The Morgan fingerprint density at radius 1 is 1.35 bits per heavy atom. The fraction of sp³-hybridized carbons (Fsp3) is 0.533. The van der Waals surface area contributed by atoms with Gasteiger partial charge in [0.25, 0.3) is 0 Å². The lowest BCUT2D eigenvalue weighted by atomic mass is 10.1. The zero-order valence-corrected chi connectivity index (χ0v) is 12.3. The van der Waals surface area contributed by atoms with Crippen LogP contribution in [-0.4, -0.2) is 25.6 Å². The first-order valence-electron chi connectivity index (χ1n) is 7.07. The lowest BCUT2D eigenvalue weighted by Gasteiger charge is -2.18. The highest BCUT2D eigenvalue weighted by molar-refractivity contribution is 5.92. The van der Waals surface area contributed by atoms with Gasteiger partial charge in [-0.2, -0.15) is 0 Å². The van der Waals surface area contributed by atoms with Gasteiger partial charge in [0.05, 0.1) is 13.2 Å². The zero-order valence-electron chi connectivity index (χ0n) is 11.5. The predicted molar refractivity (Wildman–Crippen MR) is 81.7 cm³/mol. The number of hydrogen-bond donors (Lipinski definition) is 2. The summed E-state index contributed by atoms with van der Waals surface area (Å²) in [5.74, 6) is 1.78. The minimum Gasteiger partial charge on any atom is -0.493 e. The van der Waals surface area contributed by atoms with E-state index in [0.717, 1.165) is 43.3 Å². The molecule has 1 aliphatic carbocycles. The molecule has 0 bridgehead atoms. The summed E-state index contributed by atoms with van der Waals surface area (Å²) >= 11 is 0. The molecular formula is C15H21ClN2O2. The summed E-state index contributed by atoms with van der Waals surface area (Å²) in [5, 5.41) is 6.12. The third kappa shape index (κ3) is 4.12. The molecule has 0 radical (unpaired) electrons. The van der Waals surface area contributed by atoms with Crippen molar-refractivity contribution in [2.45, 2.75) is 25.7 Å². The number of nitrogens with one attached hydrogen (secondary N) is 2. The van der Waals surface area contributed by atoms with E-state index in [0.29, 0.717) is 6.54 Å². The van der Waals surface area contributed by atoms with Gasteiger partial charge < -0.3 is 15.4 Å². The summed E-state index contributed by atoms with van der Waals surface area (Å²) in [6.07, 6.45) is 4.69. The van der Waals surface area contributed by atoms with Crippen LogP contribution in [0.3, 0.4) is 0 Å². The van der Waals surface area contributed by atoms with Crippen LogP contribution in [0.15, 0.2) is 18.2 Å². The van der Waals surface area contributed by atoms with E-state index in [1.807, 2.05) is 18.2 Å². The minimum atomic E-state index is 0. The zero-order chi connectivity index (χ0) is 13.1. The Morgan fingerprint density at radius 2 is 2.20 bits per heavy atom. The molecule has 0 atom stereocenters. The Morgan fingerprint density at radius 3 is 3.00 bits per heavy atom. The second-order valence-electron chi connectivity index (χ2n) is 5.40. The second-order valence-corrected chi connectivity index (χ2v) is 5.40. The maximum atomic E-state index is 11.8. The Kier molecular flexibility index (Phi) is 5.26. The smallest absolute Gasteiger partial charge is 0.238 e. The Balaban J connectivity index is 0.00000147. The van der Waals surface area contributed by atoms with Crippen LogP contribution in [0.4, 0.5) is 5.69 Å². The first-order valence-corrected chi connectivity index (χ1v) is 7.07. The molecular weight excluding hydrogens is 276 g/mol. The SMILES string of the molecule is Cl.O=C(CNCC1CC1)Nc1ccc2c(c1)CCCO2. The average molecular weight is 297 g/mol. The van der Waals surface area contributed by atoms with Gasteiger partial charge >= 0.3 is 0 Å². The number of ether oxygens (including phenoxy) is 1. The van der Waals surface area contributed by atoms with Crippen molar-refractivity contribution in [3.05, 3.63) is 23.8 Å². The molecule has 4 nitrogen and oxygen atoms in total. The molecule has 1 saturated carbocycles. The van der Waals surface area contributed by atoms with Crippen LogP contribution in [-0.2, 0) is 11.2 Å². The van der Waals surface area contributed by atoms with E-state index in [1.54, 1.807) is 0 Å². The summed E-state index contributed by atoms with van der Waals surface area (Å²) in [6, 6.07) is 5.87. The molecule has 20 heavy (non-hydrogen) atoms. The van der Waals surface area contributed by atoms with Gasteiger partial charge in [-0.1, -0.05) is 0 Å². The summed E-state index contributed by atoms with van der Waals surface area (Å²) in [7, 11) is 0. The lowest BCUT2D eigenvalue weighted by Crippen LogP contribution is -2.29. The number of fused-ring (bicyclic) bond motifs is 1. The molecule has 3 rings (SSSR count). The van der Waals surface area contributed by atoms with Crippen molar-refractivity contribution >= 4 is 24.0 Å². The van der Waals surface area contributed by atoms with Crippen molar-refractivity contribution in [2.24, 2.45) is 5.92 Å². The Bertz CT molecular complexity index is 475. The molecule has 0 aromatic heterocycles. The van der Waals surface area contributed by atoms with E-state index in [9.17, 15) is 4.79 Å². The molecule has 2 aliphatic rings. The van der Waals surface area contributed by atoms with Crippen LogP contribution in [0, 0.1) is 5.92 Å². The monoisotopic (exact) mass is 296 g/mol. The van der Waals surface area contributed by atoms with Gasteiger partial charge in [-0.25, -0.2) is 0 Å². The molecule has 1 heterocycles. The van der Waals surface area contributed by atoms with Crippen molar-refractivity contribution in [3.63, 3.8) is 0 Å². The fourth-order valence-corrected chi connectivity index (χ4v) is 2.36. The standard InChI is InChI=1S/C15H20N2O2.ClH/c18-15(10-16-9-11-3-4-11)17-13-5-6-14-12(8-13)2-1-7-19-14;/h5-6,8,11,16H,1-4,7,9-10H2,(H,17,18);1H. The van der Waals surface area contributed by atoms with Gasteiger partial charge in [0, 0.05) is 5.69 Å². The van der Waals surface area contributed by atoms with Gasteiger partial charge in [-0.3, -0.25) is 4.79 Å². The topological polar surface area (TPSA) is 50.4 Å². The summed E-state index contributed by atoms with van der Waals surface area (Å²) < 4.78 is 5.56. The normalized spacial score (nSPS) is 16.6. The number of rotatable bonds is 5. The molecule has 1 aromatic rings. The van der Waals surface area contributed by atoms with Gasteiger partial charge in [0.1, 0.15) is 5.75 Å². The van der Waals surface area contributed by atoms with Crippen LogP contribution in [0.1, 0.15) is 24.8 Å². The number of benzene rings is 1. The van der Waals surface area contributed by atoms with E-state index < -0.39 is 0 Å². The average Bonchev–Trinajstić information content (AvgIpc) is 3.23. The van der Waals surface area contributed by atoms with Gasteiger partial charge in [-0.05, 0) is 61.9 Å². The molecule has 0 unspecified atom stereocenters. The predicted octanol–water partition coefficient (Wildman–Crippen LogP) is 2.37. The highest BCUT2D eigenvalue weighted by Crippen LogP contribution is 2.28. The molecule has 2 N–H and O–H groups in total. The molecule has 1 aliphatic heterocycles. The van der Waals surface area contributed by atoms with Crippen molar-refractivity contribution in [3.8, 4) is 5.75 Å². The number of carbonyl (C=O) groups is 1. The molecule has 110 valence electrons. The number of amides is 1. The summed E-state index contributed by atoms with van der Waals surface area (Å²) in [6.45, 7) is 2.15. The third-order valence-electron chi connectivity index (χ3n) is 3.61. The number of anilines is 1. The molecule has 5 heteroatoms. The number of aryl methyl sites for hydroxylation is 1. The van der Waals surface area contributed by atoms with Crippen molar-refractivity contribution in [1.29, 1.82) is 0 Å². The van der Waals surface area contributed by atoms with Gasteiger partial charge in [-0.15, -0.1) is 12.4 Å². The highest BCUT2D eigenvalue weighted by atomic mass is 35.5. The van der Waals surface area contributed by atoms with E-state index in [4.69, 9.17) is 4.74 Å². The van der Waals surface area contributed by atoms with Gasteiger partial charge in [0.15, 0.2) is 0 Å². The molecule has 1 amide bonds. The van der Waals surface area contributed by atoms with E-state index in [1.165, 1.54) is 18.4 Å². The minimum absolute atomic E-state index is 0. The summed E-state index contributed by atoms with van der Waals surface area (Å²) in [4.78, 5) is 11.8. The van der Waals surface area contributed by atoms with Crippen LogP contribution in [0.5, 0.6) is 5.75 Å². The van der Waals surface area contributed by atoms with Crippen molar-refractivity contribution < 1.29 is 9.53 Å². The molecule has 1 aromatic carbocycles. The van der Waals surface area contributed by atoms with Crippen LogP contribution >= 0.6 is 12.4 Å². The molecule has 1 fully saturated rings.